The van der Waals surface area contributed by atoms with Gasteiger partial charge in [-0.1, -0.05) is 13.3 Å². The summed E-state index contributed by atoms with van der Waals surface area (Å²) in [4.78, 5) is 8.52. The summed E-state index contributed by atoms with van der Waals surface area (Å²) < 4.78 is 2.12. The van der Waals surface area contributed by atoms with Gasteiger partial charge >= 0.3 is 0 Å². The lowest BCUT2D eigenvalue weighted by Gasteiger charge is -2.10. The Kier molecular flexibility index (Phi) is 4.34. The maximum Gasteiger partial charge on any atom is 0.203 e. The molecule has 0 amide bonds. The summed E-state index contributed by atoms with van der Waals surface area (Å²) in [5.74, 6) is 0.937. The smallest absolute Gasteiger partial charge is 0.203 e. The summed E-state index contributed by atoms with van der Waals surface area (Å²) in [7, 11) is 0. The topological polar surface area (TPSA) is 42.7 Å². The van der Waals surface area contributed by atoms with Gasteiger partial charge in [-0.15, -0.1) is 0 Å². The first kappa shape index (κ1) is 12.6. The Labute approximate surface area is 108 Å². The number of anilines is 1. The number of nitrogens with one attached hydrogen (secondary N) is 1. The highest BCUT2D eigenvalue weighted by Crippen LogP contribution is 2.11. The zero-order chi connectivity index (χ0) is 12.8. The van der Waals surface area contributed by atoms with Gasteiger partial charge in [0.2, 0.25) is 5.95 Å². The van der Waals surface area contributed by atoms with E-state index in [1.54, 1.807) is 0 Å². The number of pyridine rings is 1. The number of rotatable bonds is 6. The Balaban J connectivity index is 2.05. The number of aromatic nitrogens is 3. The van der Waals surface area contributed by atoms with Crippen LogP contribution in [0.2, 0.25) is 0 Å². The van der Waals surface area contributed by atoms with E-state index in [4.69, 9.17) is 0 Å². The second-order valence-corrected chi connectivity index (χ2v) is 4.46. The van der Waals surface area contributed by atoms with E-state index in [9.17, 15) is 0 Å². The predicted molar refractivity (Wildman–Crippen MR) is 73.7 cm³/mol. The summed E-state index contributed by atoms with van der Waals surface area (Å²) in [5, 5.41) is 3.37. The van der Waals surface area contributed by atoms with Gasteiger partial charge in [-0.2, -0.15) is 0 Å². The van der Waals surface area contributed by atoms with E-state index in [0.29, 0.717) is 0 Å². The van der Waals surface area contributed by atoms with Gasteiger partial charge in [-0.05, 0) is 30.5 Å². The van der Waals surface area contributed by atoms with Gasteiger partial charge in [0.15, 0.2) is 0 Å². The van der Waals surface area contributed by atoms with Crippen molar-refractivity contribution >= 4 is 5.95 Å². The average Bonchev–Trinajstić information content (AvgIpc) is 2.80. The third kappa shape index (κ3) is 3.09. The molecule has 0 aromatic carbocycles. The highest BCUT2D eigenvalue weighted by atomic mass is 15.2. The molecule has 96 valence electrons. The van der Waals surface area contributed by atoms with E-state index in [0.717, 1.165) is 19.0 Å². The largest absolute Gasteiger partial charge is 0.356 e. The molecular formula is C14H20N4. The van der Waals surface area contributed by atoms with Gasteiger partial charge in [0.25, 0.3) is 0 Å². The Bertz CT molecular complexity index is 490. The first-order chi connectivity index (χ1) is 8.81. The minimum Gasteiger partial charge on any atom is -0.356 e. The van der Waals surface area contributed by atoms with Crippen LogP contribution in [0.25, 0.3) is 0 Å². The monoisotopic (exact) mass is 244 g/mol. The van der Waals surface area contributed by atoms with Gasteiger partial charge in [0.05, 0.1) is 6.54 Å². The molecule has 0 aliphatic carbocycles. The fourth-order valence-electron chi connectivity index (χ4n) is 1.83. The molecule has 2 aromatic heterocycles. The van der Waals surface area contributed by atoms with Crippen molar-refractivity contribution in [1.29, 1.82) is 0 Å². The van der Waals surface area contributed by atoms with Crippen LogP contribution in [0.3, 0.4) is 0 Å². The fourth-order valence-corrected chi connectivity index (χ4v) is 1.83. The van der Waals surface area contributed by atoms with Crippen molar-refractivity contribution in [2.24, 2.45) is 0 Å². The third-order valence-corrected chi connectivity index (χ3v) is 3.02. The van der Waals surface area contributed by atoms with E-state index < -0.39 is 0 Å². The maximum absolute atomic E-state index is 4.35. The number of hydrogen-bond donors (Lipinski definition) is 1. The normalized spacial score (nSPS) is 10.6. The number of imidazole rings is 1. The van der Waals surface area contributed by atoms with E-state index in [2.05, 4.69) is 33.7 Å². The first-order valence-corrected chi connectivity index (χ1v) is 6.45. The average molecular weight is 244 g/mol. The van der Waals surface area contributed by atoms with Crippen LogP contribution in [-0.4, -0.2) is 21.1 Å². The second kappa shape index (κ2) is 6.19. The predicted octanol–water partition coefficient (Wildman–Crippen LogP) is 2.85. The van der Waals surface area contributed by atoms with Crippen molar-refractivity contribution in [3.8, 4) is 0 Å². The molecule has 1 N–H and O–H groups in total. The molecule has 0 unspecified atom stereocenters. The highest BCUT2D eigenvalue weighted by molar-refractivity contribution is 5.29. The van der Waals surface area contributed by atoms with Gasteiger partial charge in [-0.3, -0.25) is 4.98 Å². The Morgan fingerprint density at radius 3 is 3.00 bits per heavy atom. The third-order valence-electron chi connectivity index (χ3n) is 3.02. The zero-order valence-electron chi connectivity index (χ0n) is 11.1. The fraction of sp³-hybridized carbons (Fsp3) is 0.429. The van der Waals surface area contributed by atoms with E-state index in [1.165, 1.54) is 24.0 Å². The Morgan fingerprint density at radius 1 is 1.33 bits per heavy atom. The first-order valence-electron chi connectivity index (χ1n) is 6.45. The summed E-state index contributed by atoms with van der Waals surface area (Å²) in [6.45, 7) is 6.08. The second-order valence-electron chi connectivity index (χ2n) is 4.46. The minimum atomic E-state index is 0.814. The van der Waals surface area contributed by atoms with Crippen LogP contribution in [0.15, 0.2) is 30.9 Å². The van der Waals surface area contributed by atoms with Crippen molar-refractivity contribution in [1.82, 2.24) is 14.5 Å². The molecule has 18 heavy (non-hydrogen) atoms. The number of hydrogen-bond acceptors (Lipinski definition) is 3. The lowest BCUT2D eigenvalue weighted by Crippen LogP contribution is -2.09. The molecule has 0 saturated heterocycles. The Morgan fingerprint density at radius 2 is 2.22 bits per heavy atom. The molecule has 0 fully saturated rings. The molecule has 0 aliphatic rings. The van der Waals surface area contributed by atoms with Crippen molar-refractivity contribution < 1.29 is 0 Å². The van der Waals surface area contributed by atoms with E-state index in [-0.39, 0.29) is 0 Å². The summed E-state index contributed by atoms with van der Waals surface area (Å²) in [6, 6.07) is 2.04. The molecule has 0 aliphatic heterocycles. The quantitative estimate of drug-likeness (QED) is 0.795. The molecule has 2 rings (SSSR count). The van der Waals surface area contributed by atoms with Crippen molar-refractivity contribution in [2.45, 2.75) is 33.2 Å². The molecule has 0 spiro atoms. The van der Waals surface area contributed by atoms with Gasteiger partial charge in [0, 0.05) is 31.3 Å². The van der Waals surface area contributed by atoms with Gasteiger partial charge in [0.1, 0.15) is 0 Å². The molecule has 4 nitrogen and oxygen atoms in total. The molecular weight excluding hydrogens is 224 g/mol. The maximum atomic E-state index is 4.35. The molecule has 0 radical (unpaired) electrons. The standard InChI is InChI=1S/C14H20N4/c1-3-4-6-16-14-17-8-9-18(14)11-13-10-15-7-5-12(13)2/h5,7-10H,3-4,6,11H2,1-2H3,(H,16,17). The van der Waals surface area contributed by atoms with Crippen molar-refractivity contribution in [2.75, 3.05) is 11.9 Å². The van der Waals surface area contributed by atoms with Crippen LogP contribution in [0.1, 0.15) is 30.9 Å². The van der Waals surface area contributed by atoms with Crippen LogP contribution in [0.5, 0.6) is 0 Å². The molecule has 2 heterocycles. The number of unbranched alkanes of at least 4 members (excludes halogenated alkanes) is 1. The van der Waals surface area contributed by atoms with Crippen LogP contribution in [0.4, 0.5) is 5.95 Å². The van der Waals surface area contributed by atoms with E-state index in [1.807, 2.05) is 30.9 Å². The summed E-state index contributed by atoms with van der Waals surface area (Å²) >= 11 is 0. The lowest BCUT2D eigenvalue weighted by atomic mass is 10.1. The van der Waals surface area contributed by atoms with E-state index >= 15 is 0 Å². The van der Waals surface area contributed by atoms with Crippen LogP contribution in [-0.2, 0) is 6.54 Å². The van der Waals surface area contributed by atoms with Crippen molar-refractivity contribution in [3.05, 3.63) is 42.0 Å². The highest BCUT2D eigenvalue weighted by Gasteiger charge is 2.04. The number of aryl methyl sites for hydroxylation is 1. The Hall–Kier alpha value is -1.84. The van der Waals surface area contributed by atoms with Gasteiger partial charge in [-0.25, -0.2) is 4.98 Å². The molecule has 4 heteroatoms. The van der Waals surface area contributed by atoms with Gasteiger partial charge < -0.3 is 9.88 Å². The van der Waals surface area contributed by atoms with Crippen LogP contribution >= 0.6 is 0 Å². The molecule has 0 saturated carbocycles. The SMILES string of the molecule is CCCCNc1nccn1Cc1cnccc1C. The summed E-state index contributed by atoms with van der Waals surface area (Å²) in [6.07, 6.45) is 9.94. The lowest BCUT2D eigenvalue weighted by molar-refractivity contribution is 0.770. The molecule has 2 aromatic rings. The zero-order valence-corrected chi connectivity index (χ0v) is 11.1. The van der Waals surface area contributed by atoms with Crippen molar-refractivity contribution in [3.63, 3.8) is 0 Å². The van der Waals surface area contributed by atoms with Crippen LogP contribution < -0.4 is 5.32 Å². The number of nitrogens with zero attached hydrogens (tertiary/aromatic N) is 3. The van der Waals surface area contributed by atoms with Crippen LogP contribution in [0, 0.1) is 6.92 Å². The molecule has 0 bridgehead atoms. The molecule has 0 atom stereocenters. The summed E-state index contributed by atoms with van der Waals surface area (Å²) in [5.41, 5.74) is 2.49. The minimum absolute atomic E-state index is 0.814.